The van der Waals surface area contributed by atoms with E-state index in [0.29, 0.717) is 24.7 Å². The molecule has 0 bridgehead atoms. The van der Waals surface area contributed by atoms with E-state index in [4.69, 9.17) is 5.73 Å². The van der Waals surface area contributed by atoms with Gasteiger partial charge in [0.05, 0.1) is 17.7 Å². The largest absolute Gasteiger partial charge is 0.372 e. The third kappa shape index (κ3) is 6.58. The zero-order valence-electron chi connectivity index (χ0n) is 14.6. The van der Waals surface area contributed by atoms with E-state index in [-0.39, 0.29) is 11.4 Å². The molecule has 0 aliphatic heterocycles. The minimum Gasteiger partial charge on any atom is -0.372 e. The van der Waals surface area contributed by atoms with Gasteiger partial charge in [-0.15, -0.1) is 0 Å². The normalized spacial score (nSPS) is 12.5. The van der Waals surface area contributed by atoms with Crippen molar-refractivity contribution in [3.05, 3.63) is 48.3 Å². The predicted molar refractivity (Wildman–Crippen MR) is 97.6 cm³/mol. The van der Waals surface area contributed by atoms with Gasteiger partial charge in [-0.05, 0) is 30.9 Å². The molecule has 0 saturated carbocycles. The van der Waals surface area contributed by atoms with Crippen LogP contribution in [0.3, 0.4) is 0 Å². The molecule has 1 unspecified atom stereocenters. The van der Waals surface area contributed by atoms with E-state index < -0.39 is 17.8 Å². The lowest BCUT2D eigenvalue weighted by atomic mass is 10.2. The van der Waals surface area contributed by atoms with Crippen LogP contribution in [-0.2, 0) is 0 Å². The average Bonchev–Trinajstić information content (AvgIpc) is 2.52. The molecule has 1 aromatic rings. The summed E-state index contributed by atoms with van der Waals surface area (Å²) < 4.78 is 28.5. The van der Waals surface area contributed by atoms with E-state index in [1.807, 2.05) is 32.9 Å². The third-order valence-corrected chi connectivity index (χ3v) is 3.22. The minimum absolute atomic E-state index is 0.146. The number of halogens is 2. The van der Waals surface area contributed by atoms with Gasteiger partial charge in [0.1, 0.15) is 11.5 Å². The van der Waals surface area contributed by atoms with Gasteiger partial charge in [0.2, 0.25) is 0 Å². The standard InChI is InChI=1S/C18H28F2N4/c1-5-6-7-8-16(21)24-15-10-9-14(19)18(17(15)20)23-13(4)22-11-12(2)3/h6-7,9-10,12,16,22-24H,4-5,8,11,21H2,1-3H3/b7-6-. The van der Waals surface area contributed by atoms with Crippen molar-refractivity contribution in [2.24, 2.45) is 11.7 Å². The van der Waals surface area contributed by atoms with Crippen molar-refractivity contribution in [2.75, 3.05) is 17.2 Å². The summed E-state index contributed by atoms with van der Waals surface area (Å²) >= 11 is 0. The number of rotatable bonds is 10. The van der Waals surface area contributed by atoms with Crippen LogP contribution in [0.2, 0.25) is 0 Å². The molecule has 0 aliphatic carbocycles. The van der Waals surface area contributed by atoms with E-state index in [9.17, 15) is 8.78 Å². The number of benzene rings is 1. The fourth-order valence-corrected chi connectivity index (χ4v) is 1.97. The van der Waals surface area contributed by atoms with Crippen molar-refractivity contribution >= 4 is 11.4 Å². The van der Waals surface area contributed by atoms with Crippen LogP contribution in [-0.4, -0.2) is 12.7 Å². The molecule has 0 saturated heterocycles. The smallest absolute Gasteiger partial charge is 0.172 e. The summed E-state index contributed by atoms with van der Waals surface area (Å²) in [6.07, 6.45) is 4.92. The van der Waals surface area contributed by atoms with E-state index in [1.54, 1.807) is 0 Å². The van der Waals surface area contributed by atoms with Crippen LogP contribution in [0.5, 0.6) is 0 Å². The highest BCUT2D eigenvalue weighted by molar-refractivity contribution is 5.61. The van der Waals surface area contributed by atoms with Gasteiger partial charge in [0.25, 0.3) is 0 Å². The lowest BCUT2D eigenvalue weighted by Crippen LogP contribution is -2.29. The Morgan fingerprint density at radius 1 is 1.29 bits per heavy atom. The highest BCUT2D eigenvalue weighted by atomic mass is 19.1. The van der Waals surface area contributed by atoms with E-state index in [1.165, 1.54) is 12.1 Å². The van der Waals surface area contributed by atoms with E-state index in [2.05, 4.69) is 22.5 Å². The second-order valence-corrected chi connectivity index (χ2v) is 6.03. The summed E-state index contributed by atoms with van der Waals surface area (Å²) in [5.41, 5.74) is 5.81. The lowest BCUT2D eigenvalue weighted by Gasteiger charge is -2.18. The second-order valence-electron chi connectivity index (χ2n) is 6.03. The lowest BCUT2D eigenvalue weighted by molar-refractivity contribution is 0.581. The van der Waals surface area contributed by atoms with Crippen LogP contribution in [0.25, 0.3) is 0 Å². The Labute approximate surface area is 143 Å². The van der Waals surface area contributed by atoms with Crippen LogP contribution in [0.15, 0.2) is 36.7 Å². The molecule has 0 aliphatic rings. The Morgan fingerprint density at radius 2 is 2.00 bits per heavy atom. The van der Waals surface area contributed by atoms with Gasteiger partial charge in [-0.1, -0.05) is 39.5 Å². The molecule has 0 heterocycles. The fraction of sp³-hybridized carbons (Fsp3) is 0.444. The summed E-state index contributed by atoms with van der Waals surface area (Å²) in [7, 11) is 0. The number of nitrogens with one attached hydrogen (secondary N) is 3. The van der Waals surface area contributed by atoms with Crippen LogP contribution < -0.4 is 21.7 Å². The average molecular weight is 338 g/mol. The minimum atomic E-state index is -0.725. The van der Waals surface area contributed by atoms with Gasteiger partial charge >= 0.3 is 0 Å². The molecule has 1 atom stereocenters. The molecule has 1 aromatic carbocycles. The molecule has 0 fully saturated rings. The van der Waals surface area contributed by atoms with Crippen molar-refractivity contribution in [1.82, 2.24) is 5.32 Å². The topological polar surface area (TPSA) is 62.1 Å². The molecular weight excluding hydrogens is 310 g/mol. The molecule has 5 N–H and O–H groups in total. The highest BCUT2D eigenvalue weighted by Gasteiger charge is 2.15. The summed E-state index contributed by atoms with van der Waals surface area (Å²) in [5.74, 6) is -0.684. The maximum atomic E-state index is 14.5. The number of anilines is 2. The van der Waals surface area contributed by atoms with Gasteiger partial charge in [0.15, 0.2) is 5.82 Å². The summed E-state index contributed by atoms with van der Waals surface area (Å²) in [5, 5.41) is 8.49. The molecule has 1 rings (SSSR count). The number of hydrogen-bond donors (Lipinski definition) is 4. The first kappa shape index (κ1) is 20.0. The Kier molecular flexibility index (Phi) is 8.26. The van der Waals surface area contributed by atoms with Gasteiger partial charge < -0.3 is 21.7 Å². The maximum Gasteiger partial charge on any atom is 0.172 e. The van der Waals surface area contributed by atoms with Crippen LogP contribution >= 0.6 is 0 Å². The number of nitrogens with two attached hydrogens (primary N) is 1. The molecule has 4 nitrogen and oxygen atoms in total. The fourth-order valence-electron chi connectivity index (χ4n) is 1.97. The monoisotopic (exact) mass is 338 g/mol. The molecule has 0 aromatic heterocycles. The Morgan fingerprint density at radius 3 is 2.62 bits per heavy atom. The Hall–Kier alpha value is -2.08. The Balaban J connectivity index is 2.80. The maximum absolute atomic E-state index is 14.5. The van der Waals surface area contributed by atoms with Crippen LogP contribution in [0.4, 0.5) is 20.2 Å². The van der Waals surface area contributed by atoms with Crippen molar-refractivity contribution in [3.63, 3.8) is 0 Å². The number of hydrogen-bond acceptors (Lipinski definition) is 4. The first-order chi connectivity index (χ1) is 11.3. The SMILES string of the molecule is C=C(NCC(C)C)Nc1c(F)ccc(NC(N)C/C=C\CC)c1F. The third-order valence-electron chi connectivity index (χ3n) is 3.22. The molecule has 6 heteroatoms. The summed E-state index contributed by atoms with van der Waals surface area (Å²) in [4.78, 5) is 0. The zero-order valence-corrected chi connectivity index (χ0v) is 14.6. The molecular formula is C18H28F2N4. The molecule has 134 valence electrons. The highest BCUT2D eigenvalue weighted by Crippen LogP contribution is 2.27. The Bertz CT molecular complexity index is 570. The van der Waals surface area contributed by atoms with Crippen molar-refractivity contribution < 1.29 is 8.78 Å². The molecule has 0 amide bonds. The van der Waals surface area contributed by atoms with Gasteiger partial charge in [-0.25, -0.2) is 8.78 Å². The van der Waals surface area contributed by atoms with Crippen molar-refractivity contribution in [1.29, 1.82) is 0 Å². The predicted octanol–water partition coefficient (Wildman–Crippen LogP) is 4.15. The van der Waals surface area contributed by atoms with Gasteiger partial charge in [-0.3, -0.25) is 0 Å². The zero-order chi connectivity index (χ0) is 18.1. The van der Waals surface area contributed by atoms with E-state index in [0.717, 1.165) is 6.42 Å². The first-order valence-electron chi connectivity index (χ1n) is 8.20. The van der Waals surface area contributed by atoms with Crippen LogP contribution in [0, 0.1) is 17.6 Å². The van der Waals surface area contributed by atoms with Crippen molar-refractivity contribution in [3.8, 4) is 0 Å². The summed E-state index contributed by atoms with van der Waals surface area (Å²) in [6.45, 7) is 10.5. The number of allylic oxidation sites excluding steroid dienone is 1. The second kappa shape index (κ2) is 9.93. The first-order valence-corrected chi connectivity index (χ1v) is 8.20. The van der Waals surface area contributed by atoms with Crippen molar-refractivity contribution in [2.45, 2.75) is 39.8 Å². The molecule has 0 spiro atoms. The molecule has 0 radical (unpaired) electrons. The summed E-state index contributed by atoms with van der Waals surface area (Å²) in [6, 6.07) is 2.53. The van der Waals surface area contributed by atoms with Gasteiger partial charge in [0, 0.05) is 6.54 Å². The van der Waals surface area contributed by atoms with Crippen LogP contribution in [0.1, 0.15) is 33.6 Å². The quantitative estimate of drug-likeness (QED) is 0.382. The van der Waals surface area contributed by atoms with Gasteiger partial charge in [-0.2, -0.15) is 0 Å². The molecule has 24 heavy (non-hydrogen) atoms. The van der Waals surface area contributed by atoms with E-state index >= 15 is 0 Å².